The van der Waals surface area contributed by atoms with E-state index in [1.54, 1.807) is 0 Å². The lowest BCUT2D eigenvalue weighted by molar-refractivity contribution is 0.0930. The number of aromatic nitrogens is 1. The van der Waals surface area contributed by atoms with Gasteiger partial charge in [-0.2, -0.15) is 0 Å². The lowest BCUT2D eigenvalue weighted by atomic mass is 9.72. The first-order valence-electron chi connectivity index (χ1n) is 12.9. The fraction of sp³-hybridized carbons (Fsp3) is 0.567. The summed E-state index contributed by atoms with van der Waals surface area (Å²) in [6.07, 6.45) is 5.72. The zero-order chi connectivity index (χ0) is 24.6. The maximum atomic E-state index is 12.9. The number of nitrogens with zero attached hydrogens (tertiary/aromatic N) is 1. The van der Waals surface area contributed by atoms with E-state index in [-0.39, 0.29) is 11.2 Å². The van der Waals surface area contributed by atoms with Gasteiger partial charge in [-0.15, -0.1) is 0 Å². The van der Waals surface area contributed by atoms with Crippen molar-refractivity contribution in [3.8, 4) is 11.8 Å². The molecule has 0 amide bonds. The third-order valence-electron chi connectivity index (χ3n) is 7.42. The normalized spacial score (nSPS) is 11.9. The molecule has 0 aliphatic heterocycles. The Hall–Kier alpha value is -2.31. The summed E-state index contributed by atoms with van der Waals surface area (Å²) in [6.45, 7) is 15.5. The fourth-order valence-corrected chi connectivity index (χ4v) is 4.82. The third kappa shape index (κ3) is 5.61. The molecule has 0 atom stereocenters. The summed E-state index contributed by atoms with van der Waals surface area (Å²) in [6, 6.07) is 10.7. The molecule has 3 heteroatoms. The summed E-state index contributed by atoms with van der Waals surface area (Å²) >= 11 is 0. The summed E-state index contributed by atoms with van der Waals surface area (Å²) in [5.74, 6) is 6.55. The second-order valence-corrected chi connectivity index (χ2v) is 9.18. The minimum atomic E-state index is -0.926. The van der Waals surface area contributed by atoms with Gasteiger partial charge in [0.25, 0.3) is 0 Å². The zero-order valence-electron chi connectivity index (χ0n) is 21.8. The molecule has 0 saturated heterocycles. The molecule has 1 aromatic carbocycles. The van der Waals surface area contributed by atoms with E-state index in [9.17, 15) is 9.90 Å². The first-order chi connectivity index (χ1) is 15.8. The quantitative estimate of drug-likeness (QED) is 0.291. The Morgan fingerprint density at radius 3 is 2.15 bits per heavy atom. The number of hydrogen-bond donors (Lipinski definition) is 1. The molecule has 0 spiro atoms. The molecule has 0 aliphatic rings. The Kier molecular flexibility index (Phi) is 9.56. The Morgan fingerprint density at radius 2 is 1.64 bits per heavy atom. The summed E-state index contributed by atoms with van der Waals surface area (Å²) < 4.78 is 2.23. The van der Waals surface area contributed by atoms with Gasteiger partial charge in [-0.25, -0.2) is 0 Å². The van der Waals surface area contributed by atoms with Crippen LogP contribution in [0.15, 0.2) is 30.3 Å². The molecule has 33 heavy (non-hydrogen) atoms. The fourth-order valence-electron chi connectivity index (χ4n) is 4.82. The molecule has 0 radical (unpaired) electrons. The van der Waals surface area contributed by atoms with E-state index in [0.29, 0.717) is 19.3 Å². The predicted octanol–water partition coefficient (Wildman–Crippen LogP) is 7.20. The number of rotatable bonds is 11. The Balaban J connectivity index is 2.55. The summed E-state index contributed by atoms with van der Waals surface area (Å²) in [4.78, 5) is 12.9. The van der Waals surface area contributed by atoms with Gasteiger partial charge >= 0.3 is 0 Å². The van der Waals surface area contributed by atoms with Crippen LogP contribution in [0.5, 0.6) is 0 Å². The van der Waals surface area contributed by atoms with Crippen LogP contribution < -0.4 is 0 Å². The van der Waals surface area contributed by atoms with Gasteiger partial charge in [-0.05, 0) is 75.3 Å². The van der Waals surface area contributed by atoms with Crippen LogP contribution in [0.1, 0.15) is 119 Å². The molecular weight excluding hydrogens is 406 g/mol. The average molecular weight is 450 g/mol. The van der Waals surface area contributed by atoms with Crippen LogP contribution in [-0.2, 0) is 12.0 Å². The first kappa shape index (κ1) is 26.9. The molecule has 3 nitrogen and oxygen atoms in total. The van der Waals surface area contributed by atoms with E-state index in [1.807, 2.05) is 19.9 Å². The average Bonchev–Trinajstić information content (AvgIpc) is 3.27. The van der Waals surface area contributed by atoms with Crippen LogP contribution in [0.4, 0.5) is 0 Å². The van der Waals surface area contributed by atoms with E-state index in [0.717, 1.165) is 49.0 Å². The number of aliphatic hydroxyl groups is 1. The van der Waals surface area contributed by atoms with Crippen LogP contribution >= 0.6 is 0 Å². The summed E-state index contributed by atoms with van der Waals surface area (Å²) in [7, 11) is 0. The van der Waals surface area contributed by atoms with Gasteiger partial charge < -0.3 is 9.67 Å². The molecule has 1 N–H and O–H groups in total. The third-order valence-corrected chi connectivity index (χ3v) is 7.42. The summed E-state index contributed by atoms with van der Waals surface area (Å²) in [5.41, 5.74) is 4.31. The SMILES string of the molecule is CCCCC(=O)c1ccc(C(CC)(CC)c2ccc(C#CC(O)(CC)CC)c(C)c2)n1CC. The number of aryl methyl sites for hydroxylation is 1. The van der Waals surface area contributed by atoms with Crippen molar-refractivity contribution in [1.29, 1.82) is 0 Å². The van der Waals surface area contributed by atoms with E-state index in [4.69, 9.17) is 0 Å². The van der Waals surface area contributed by atoms with Crippen molar-refractivity contribution in [1.82, 2.24) is 4.57 Å². The van der Waals surface area contributed by atoms with Gasteiger partial charge in [0.2, 0.25) is 0 Å². The second-order valence-electron chi connectivity index (χ2n) is 9.18. The molecule has 2 rings (SSSR count). The largest absolute Gasteiger partial charge is 0.378 e. The van der Waals surface area contributed by atoms with Crippen LogP contribution in [0.25, 0.3) is 0 Å². The minimum Gasteiger partial charge on any atom is -0.378 e. The monoisotopic (exact) mass is 449 g/mol. The van der Waals surface area contributed by atoms with Gasteiger partial charge in [0.15, 0.2) is 5.78 Å². The number of benzene rings is 1. The second kappa shape index (κ2) is 11.7. The highest BCUT2D eigenvalue weighted by atomic mass is 16.3. The molecule has 0 fully saturated rings. The van der Waals surface area contributed by atoms with Gasteiger partial charge in [-0.1, -0.05) is 65.0 Å². The van der Waals surface area contributed by atoms with Crippen molar-refractivity contribution in [2.75, 3.05) is 0 Å². The highest BCUT2D eigenvalue weighted by molar-refractivity contribution is 5.94. The summed E-state index contributed by atoms with van der Waals surface area (Å²) in [5, 5.41) is 10.5. The van der Waals surface area contributed by atoms with Crippen molar-refractivity contribution in [3.05, 3.63) is 58.4 Å². The van der Waals surface area contributed by atoms with Gasteiger partial charge in [0.1, 0.15) is 5.60 Å². The van der Waals surface area contributed by atoms with Crippen molar-refractivity contribution in [2.24, 2.45) is 0 Å². The maximum absolute atomic E-state index is 12.9. The molecule has 0 saturated carbocycles. The van der Waals surface area contributed by atoms with Crippen molar-refractivity contribution >= 4 is 5.78 Å². The zero-order valence-corrected chi connectivity index (χ0v) is 21.8. The van der Waals surface area contributed by atoms with Crippen LogP contribution in [0.2, 0.25) is 0 Å². The molecule has 180 valence electrons. The first-order valence-corrected chi connectivity index (χ1v) is 12.9. The number of carbonyl (C=O) groups excluding carboxylic acids is 1. The van der Waals surface area contributed by atoms with Gasteiger partial charge in [0, 0.05) is 29.6 Å². The van der Waals surface area contributed by atoms with Crippen LogP contribution in [0.3, 0.4) is 0 Å². The molecule has 0 bridgehead atoms. The maximum Gasteiger partial charge on any atom is 0.179 e. The molecular formula is C30H43NO2. The number of ketones is 1. The predicted molar refractivity (Wildman–Crippen MR) is 139 cm³/mol. The Bertz CT molecular complexity index is 994. The van der Waals surface area contributed by atoms with Gasteiger partial charge in [-0.3, -0.25) is 4.79 Å². The Labute approximate surface area is 201 Å². The van der Waals surface area contributed by atoms with E-state index >= 15 is 0 Å². The minimum absolute atomic E-state index is 0.163. The van der Waals surface area contributed by atoms with Crippen LogP contribution in [0, 0.1) is 18.8 Å². The van der Waals surface area contributed by atoms with E-state index < -0.39 is 5.60 Å². The smallest absolute Gasteiger partial charge is 0.179 e. The topological polar surface area (TPSA) is 42.2 Å². The van der Waals surface area contributed by atoms with Crippen molar-refractivity contribution < 1.29 is 9.90 Å². The highest BCUT2D eigenvalue weighted by Gasteiger charge is 2.35. The van der Waals surface area contributed by atoms with E-state index in [1.165, 1.54) is 11.3 Å². The molecule has 0 aliphatic carbocycles. The lowest BCUT2D eigenvalue weighted by Crippen LogP contribution is -2.30. The van der Waals surface area contributed by atoms with Gasteiger partial charge in [0.05, 0.1) is 5.69 Å². The molecule has 1 heterocycles. The lowest BCUT2D eigenvalue weighted by Gasteiger charge is -2.34. The molecule has 2 aromatic rings. The van der Waals surface area contributed by atoms with Crippen molar-refractivity contribution in [3.63, 3.8) is 0 Å². The standard InChI is InChI=1S/C30H43NO2/c1-8-14-15-27(32)26-18-19-28(31(26)13-6)30(11-4,12-5)25-17-16-24(23(7)22-25)20-21-29(33,9-2)10-3/h16-19,22,33H,8-15H2,1-7H3. The number of carbonyl (C=O) groups is 1. The highest BCUT2D eigenvalue weighted by Crippen LogP contribution is 2.40. The van der Waals surface area contributed by atoms with Crippen molar-refractivity contribution in [2.45, 2.75) is 111 Å². The molecule has 0 unspecified atom stereocenters. The number of unbranched alkanes of at least 4 members (excludes halogenated alkanes) is 1. The number of hydrogen-bond acceptors (Lipinski definition) is 2. The van der Waals surface area contributed by atoms with Crippen LogP contribution in [-0.4, -0.2) is 21.1 Å². The van der Waals surface area contributed by atoms with E-state index in [2.05, 4.69) is 75.3 Å². The molecule has 1 aromatic heterocycles. The number of Topliss-reactive ketones (excluding diaryl/α,β-unsaturated/α-hetero) is 1. The Morgan fingerprint density at radius 1 is 0.970 bits per heavy atom.